The fourth-order valence-corrected chi connectivity index (χ4v) is 3.32. The topological polar surface area (TPSA) is 12.9 Å². The first-order valence-electron chi connectivity index (χ1n) is 8.05. The lowest BCUT2D eigenvalue weighted by Gasteiger charge is -2.26. The predicted octanol–water partition coefficient (Wildman–Crippen LogP) is 5.84. The van der Waals surface area contributed by atoms with Gasteiger partial charge in [0.05, 0.1) is 0 Å². The third-order valence-corrected chi connectivity index (χ3v) is 4.60. The van der Waals surface area contributed by atoms with Crippen LogP contribution >= 0.6 is 11.6 Å². The summed E-state index contributed by atoms with van der Waals surface area (Å²) in [5.41, 5.74) is 4.35. The molecule has 1 aliphatic carbocycles. The number of aromatic nitrogens is 1. The van der Waals surface area contributed by atoms with Crippen molar-refractivity contribution in [2.24, 2.45) is 5.92 Å². The second-order valence-electron chi connectivity index (χ2n) is 5.98. The molecular formula is C18H26ClN. The maximum Gasteiger partial charge on any atom is 0.0434 e. The summed E-state index contributed by atoms with van der Waals surface area (Å²) >= 11 is 5.66. The van der Waals surface area contributed by atoms with Gasteiger partial charge in [-0.3, -0.25) is 4.98 Å². The normalized spacial score (nSPS) is 23.3. The van der Waals surface area contributed by atoms with E-state index in [2.05, 4.69) is 31.3 Å². The Labute approximate surface area is 128 Å². The second-order valence-corrected chi connectivity index (χ2v) is 6.23. The third kappa shape index (κ3) is 4.63. The van der Waals surface area contributed by atoms with Crippen molar-refractivity contribution in [2.45, 2.75) is 64.2 Å². The quantitative estimate of drug-likeness (QED) is 0.600. The van der Waals surface area contributed by atoms with Crippen LogP contribution in [0.1, 0.15) is 69.0 Å². The van der Waals surface area contributed by atoms with Gasteiger partial charge in [0.1, 0.15) is 0 Å². The van der Waals surface area contributed by atoms with E-state index in [1.807, 2.05) is 0 Å². The van der Waals surface area contributed by atoms with Gasteiger partial charge in [-0.2, -0.15) is 0 Å². The van der Waals surface area contributed by atoms with Crippen LogP contribution in [0.4, 0.5) is 0 Å². The van der Waals surface area contributed by atoms with Crippen molar-refractivity contribution in [1.29, 1.82) is 0 Å². The molecule has 0 atom stereocenters. The SMILES string of the molecule is CCCCCc1ccc([C@H]2CC[C@H](/C=C/Cl)CC2)nc1. The van der Waals surface area contributed by atoms with Crippen LogP contribution in [0.15, 0.2) is 29.9 Å². The molecule has 0 spiro atoms. The van der Waals surface area contributed by atoms with Crippen LogP contribution in [0, 0.1) is 5.92 Å². The lowest BCUT2D eigenvalue weighted by molar-refractivity contribution is 0.371. The van der Waals surface area contributed by atoms with E-state index >= 15 is 0 Å². The number of unbranched alkanes of at least 4 members (excludes halogenated alkanes) is 2. The first-order chi connectivity index (χ1) is 9.83. The Bertz CT molecular complexity index is 402. The predicted molar refractivity (Wildman–Crippen MR) is 87.2 cm³/mol. The van der Waals surface area contributed by atoms with Crippen LogP contribution in [0.2, 0.25) is 0 Å². The Hall–Kier alpha value is -0.820. The monoisotopic (exact) mass is 291 g/mol. The van der Waals surface area contributed by atoms with Crippen molar-refractivity contribution in [1.82, 2.24) is 4.98 Å². The van der Waals surface area contributed by atoms with Gasteiger partial charge in [0.25, 0.3) is 0 Å². The van der Waals surface area contributed by atoms with E-state index in [-0.39, 0.29) is 0 Å². The van der Waals surface area contributed by atoms with Gasteiger partial charge < -0.3 is 0 Å². The smallest absolute Gasteiger partial charge is 0.0434 e. The number of rotatable bonds is 6. The summed E-state index contributed by atoms with van der Waals surface area (Å²) in [6, 6.07) is 4.53. The largest absolute Gasteiger partial charge is 0.261 e. The van der Waals surface area contributed by atoms with E-state index in [4.69, 9.17) is 16.6 Å². The highest BCUT2D eigenvalue weighted by Crippen LogP contribution is 2.35. The van der Waals surface area contributed by atoms with Gasteiger partial charge in [0.15, 0.2) is 0 Å². The summed E-state index contributed by atoms with van der Waals surface area (Å²) in [4.78, 5) is 4.71. The van der Waals surface area contributed by atoms with E-state index in [1.54, 1.807) is 5.54 Å². The molecule has 2 heteroatoms. The number of hydrogen-bond acceptors (Lipinski definition) is 1. The van der Waals surface area contributed by atoms with Crippen LogP contribution in [0.3, 0.4) is 0 Å². The number of aryl methyl sites for hydroxylation is 1. The zero-order valence-electron chi connectivity index (χ0n) is 12.5. The van der Waals surface area contributed by atoms with Crippen molar-refractivity contribution in [3.05, 3.63) is 41.2 Å². The Morgan fingerprint density at radius 2 is 2.00 bits per heavy atom. The van der Waals surface area contributed by atoms with Gasteiger partial charge in [-0.05, 0) is 56.1 Å². The number of allylic oxidation sites excluding steroid dienone is 1. The summed E-state index contributed by atoms with van der Waals surface area (Å²) in [5, 5.41) is 0. The van der Waals surface area contributed by atoms with Gasteiger partial charge in [-0.1, -0.05) is 43.5 Å². The van der Waals surface area contributed by atoms with E-state index in [0.29, 0.717) is 11.8 Å². The Morgan fingerprint density at radius 1 is 1.20 bits per heavy atom. The van der Waals surface area contributed by atoms with Gasteiger partial charge in [0.2, 0.25) is 0 Å². The van der Waals surface area contributed by atoms with Crippen LogP contribution in [0.5, 0.6) is 0 Å². The summed E-state index contributed by atoms with van der Waals surface area (Å²) in [6.45, 7) is 2.25. The van der Waals surface area contributed by atoms with Crippen LogP contribution in [-0.4, -0.2) is 4.98 Å². The fraction of sp³-hybridized carbons (Fsp3) is 0.611. The molecule has 110 valence electrons. The highest BCUT2D eigenvalue weighted by Gasteiger charge is 2.21. The van der Waals surface area contributed by atoms with E-state index in [0.717, 1.165) is 0 Å². The van der Waals surface area contributed by atoms with E-state index < -0.39 is 0 Å². The van der Waals surface area contributed by atoms with Crippen molar-refractivity contribution in [2.75, 3.05) is 0 Å². The molecule has 1 aliphatic rings. The van der Waals surface area contributed by atoms with E-state index in [9.17, 15) is 0 Å². The molecule has 1 nitrogen and oxygen atoms in total. The summed E-state index contributed by atoms with van der Waals surface area (Å²) < 4.78 is 0. The lowest BCUT2D eigenvalue weighted by Crippen LogP contribution is -2.12. The second kappa shape index (κ2) is 8.46. The highest BCUT2D eigenvalue weighted by molar-refractivity contribution is 6.25. The molecular weight excluding hydrogens is 266 g/mol. The van der Waals surface area contributed by atoms with Gasteiger partial charge >= 0.3 is 0 Å². The zero-order chi connectivity index (χ0) is 14.2. The molecule has 1 heterocycles. The van der Waals surface area contributed by atoms with E-state index in [1.165, 1.54) is 62.6 Å². The van der Waals surface area contributed by atoms with Crippen molar-refractivity contribution in [3.63, 3.8) is 0 Å². The lowest BCUT2D eigenvalue weighted by atomic mass is 9.80. The Kier molecular flexibility index (Phi) is 6.59. The first-order valence-corrected chi connectivity index (χ1v) is 8.48. The number of halogens is 1. The number of nitrogens with zero attached hydrogens (tertiary/aromatic N) is 1. The minimum atomic E-state index is 0.652. The molecule has 2 rings (SSSR count). The molecule has 0 amide bonds. The van der Waals surface area contributed by atoms with Crippen molar-refractivity contribution in [3.8, 4) is 0 Å². The highest BCUT2D eigenvalue weighted by atomic mass is 35.5. The maximum atomic E-state index is 5.66. The summed E-state index contributed by atoms with van der Waals surface area (Å²) in [7, 11) is 0. The fourth-order valence-electron chi connectivity index (χ4n) is 3.11. The molecule has 1 fully saturated rings. The average molecular weight is 292 g/mol. The van der Waals surface area contributed by atoms with Gasteiger partial charge in [-0.25, -0.2) is 0 Å². The molecule has 0 unspecified atom stereocenters. The molecule has 0 radical (unpaired) electrons. The molecule has 0 aliphatic heterocycles. The minimum Gasteiger partial charge on any atom is -0.261 e. The van der Waals surface area contributed by atoms with Crippen molar-refractivity contribution >= 4 is 11.6 Å². The molecule has 0 N–H and O–H groups in total. The average Bonchev–Trinajstić information content (AvgIpc) is 2.49. The van der Waals surface area contributed by atoms with Crippen LogP contribution in [-0.2, 0) is 6.42 Å². The molecule has 20 heavy (non-hydrogen) atoms. The van der Waals surface area contributed by atoms with Crippen molar-refractivity contribution < 1.29 is 0 Å². The van der Waals surface area contributed by atoms with Crippen LogP contribution in [0.25, 0.3) is 0 Å². The molecule has 0 aromatic carbocycles. The van der Waals surface area contributed by atoms with Crippen LogP contribution < -0.4 is 0 Å². The zero-order valence-corrected chi connectivity index (χ0v) is 13.3. The molecule has 1 saturated carbocycles. The molecule has 0 bridgehead atoms. The maximum absolute atomic E-state index is 5.66. The molecule has 1 aromatic heterocycles. The number of hydrogen-bond donors (Lipinski definition) is 0. The number of pyridine rings is 1. The molecule has 1 aromatic rings. The molecule has 0 saturated heterocycles. The Morgan fingerprint density at radius 3 is 2.60 bits per heavy atom. The Balaban J connectivity index is 1.84. The van der Waals surface area contributed by atoms with Gasteiger partial charge in [-0.15, -0.1) is 0 Å². The standard InChI is InChI=1S/C18H26ClN/c1-2-3-4-5-16-8-11-18(20-14-16)17-9-6-15(7-10-17)12-13-19/h8,11-15,17H,2-7,9-10H2,1H3/b13-12+/t15-,17-. The summed E-state index contributed by atoms with van der Waals surface area (Å²) in [5.74, 6) is 1.33. The summed E-state index contributed by atoms with van der Waals surface area (Å²) in [6.07, 6.45) is 14.3. The minimum absolute atomic E-state index is 0.652. The third-order valence-electron chi connectivity index (χ3n) is 4.45. The first kappa shape index (κ1) is 15.6. The van der Waals surface area contributed by atoms with Gasteiger partial charge in [0, 0.05) is 23.3 Å².